The van der Waals surface area contributed by atoms with Crippen molar-refractivity contribution in [1.29, 1.82) is 0 Å². The van der Waals surface area contributed by atoms with Gasteiger partial charge in [0.05, 0.1) is 11.5 Å². The lowest BCUT2D eigenvalue weighted by Gasteiger charge is -2.16. The van der Waals surface area contributed by atoms with E-state index in [9.17, 15) is 10.1 Å². The first-order chi connectivity index (χ1) is 10.6. The summed E-state index contributed by atoms with van der Waals surface area (Å²) in [6.07, 6.45) is 2.29. The molecule has 6 nitrogen and oxygen atoms in total. The van der Waals surface area contributed by atoms with Crippen LogP contribution in [0, 0.1) is 16.0 Å². The molecule has 0 saturated carbocycles. The average molecular weight is 434 g/mol. The highest BCUT2D eigenvalue weighted by Crippen LogP contribution is 2.12. The lowest BCUT2D eigenvalue weighted by molar-refractivity contribution is -0.384. The second-order valence-corrected chi connectivity index (χ2v) is 5.18. The Labute approximate surface area is 155 Å². The van der Waals surface area contributed by atoms with Gasteiger partial charge in [0.2, 0.25) is 0 Å². The normalized spacial score (nSPS) is 11.0. The number of benzene rings is 1. The van der Waals surface area contributed by atoms with Crippen LogP contribution < -0.4 is 10.6 Å². The maximum Gasteiger partial charge on any atom is 0.269 e. The highest BCUT2D eigenvalue weighted by atomic mass is 127. The molecule has 0 bridgehead atoms. The molecule has 0 aliphatic rings. The largest absolute Gasteiger partial charge is 0.357 e. The van der Waals surface area contributed by atoms with Crippen molar-refractivity contribution in [2.75, 3.05) is 13.1 Å². The molecule has 0 saturated heterocycles. The Bertz CT molecular complexity index is 487. The van der Waals surface area contributed by atoms with Gasteiger partial charge in [-0.3, -0.25) is 10.1 Å². The Morgan fingerprint density at radius 3 is 2.26 bits per heavy atom. The summed E-state index contributed by atoms with van der Waals surface area (Å²) >= 11 is 0. The zero-order chi connectivity index (χ0) is 16.4. The topological polar surface area (TPSA) is 79.6 Å². The summed E-state index contributed by atoms with van der Waals surface area (Å²) in [5.74, 6) is 1.43. The number of nitrogens with zero attached hydrogens (tertiary/aromatic N) is 2. The van der Waals surface area contributed by atoms with E-state index in [-0.39, 0.29) is 29.7 Å². The van der Waals surface area contributed by atoms with Crippen molar-refractivity contribution in [3.8, 4) is 0 Å². The fraction of sp³-hybridized carbons (Fsp3) is 0.562. The van der Waals surface area contributed by atoms with Gasteiger partial charge in [0.1, 0.15) is 0 Å². The standard InChI is InChI=1S/C16H26N4O2.HI/c1-4-13(5-2)11-18-16(17-6-3)19-12-14-7-9-15(10-8-14)20(21)22;/h7-10,13H,4-6,11-12H2,1-3H3,(H2,17,18,19);1H. The number of hydrogen-bond donors (Lipinski definition) is 2. The van der Waals surface area contributed by atoms with E-state index in [0.717, 1.165) is 37.5 Å². The quantitative estimate of drug-likeness (QED) is 0.215. The molecular formula is C16H27IN4O2. The van der Waals surface area contributed by atoms with Crippen LogP contribution in [0.4, 0.5) is 5.69 Å². The molecule has 0 spiro atoms. The monoisotopic (exact) mass is 434 g/mol. The number of hydrogen-bond acceptors (Lipinski definition) is 3. The smallest absolute Gasteiger partial charge is 0.269 e. The maximum atomic E-state index is 10.6. The second kappa shape index (κ2) is 12.1. The van der Waals surface area contributed by atoms with E-state index in [1.165, 1.54) is 12.1 Å². The highest BCUT2D eigenvalue weighted by molar-refractivity contribution is 14.0. The van der Waals surface area contributed by atoms with Gasteiger partial charge < -0.3 is 10.6 Å². The predicted octanol–water partition coefficient (Wildman–Crippen LogP) is 3.70. The summed E-state index contributed by atoms with van der Waals surface area (Å²) in [6.45, 7) is 8.61. The Hall–Kier alpha value is -1.38. The number of aliphatic imine (C=N–C) groups is 1. The first-order valence-corrected chi connectivity index (χ1v) is 7.86. The third-order valence-corrected chi connectivity index (χ3v) is 3.62. The van der Waals surface area contributed by atoms with Crippen molar-refractivity contribution in [2.24, 2.45) is 10.9 Å². The summed E-state index contributed by atoms with van der Waals surface area (Å²) in [6, 6.07) is 6.50. The minimum Gasteiger partial charge on any atom is -0.357 e. The Balaban J connectivity index is 0.00000484. The van der Waals surface area contributed by atoms with Crippen molar-refractivity contribution in [3.05, 3.63) is 39.9 Å². The van der Waals surface area contributed by atoms with Crippen molar-refractivity contribution >= 4 is 35.6 Å². The minimum absolute atomic E-state index is 0. The molecule has 1 aromatic rings. The van der Waals surface area contributed by atoms with Crippen LogP contribution in [-0.2, 0) is 6.54 Å². The van der Waals surface area contributed by atoms with E-state index < -0.39 is 4.92 Å². The van der Waals surface area contributed by atoms with Crippen LogP contribution >= 0.6 is 24.0 Å². The van der Waals surface area contributed by atoms with Crippen molar-refractivity contribution < 1.29 is 4.92 Å². The number of non-ortho nitro benzene ring substituents is 1. The molecule has 7 heteroatoms. The Morgan fingerprint density at radius 2 is 1.78 bits per heavy atom. The van der Waals surface area contributed by atoms with E-state index in [2.05, 4.69) is 29.5 Å². The maximum absolute atomic E-state index is 10.6. The van der Waals surface area contributed by atoms with Gasteiger partial charge in [0.15, 0.2) is 5.96 Å². The molecule has 0 radical (unpaired) electrons. The molecule has 1 rings (SSSR count). The fourth-order valence-corrected chi connectivity index (χ4v) is 2.05. The molecule has 0 aromatic heterocycles. The van der Waals surface area contributed by atoms with Gasteiger partial charge in [-0.05, 0) is 18.4 Å². The van der Waals surface area contributed by atoms with E-state index in [0.29, 0.717) is 12.5 Å². The van der Waals surface area contributed by atoms with Crippen LogP contribution in [0.3, 0.4) is 0 Å². The van der Waals surface area contributed by atoms with Crippen LogP contribution in [0.2, 0.25) is 0 Å². The number of nitrogens with one attached hydrogen (secondary N) is 2. The third-order valence-electron chi connectivity index (χ3n) is 3.62. The number of halogens is 1. The highest BCUT2D eigenvalue weighted by Gasteiger charge is 2.06. The molecule has 130 valence electrons. The van der Waals surface area contributed by atoms with E-state index in [4.69, 9.17) is 0 Å². The number of guanidine groups is 1. The number of nitro benzene ring substituents is 1. The third kappa shape index (κ3) is 8.15. The minimum atomic E-state index is -0.395. The first kappa shape index (κ1) is 21.6. The van der Waals surface area contributed by atoms with Crippen LogP contribution in [0.1, 0.15) is 39.2 Å². The van der Waals surface area contributed by atoms with Crippen molar-refractivity contribution in [2.45, 2.75) is 40.2 Å². The van der Waals surface area contributed by atoms with Gasteiger partial charge in [-0.15, -0.1) is 24.0 Å². The van der Waals surface area contributed by atoms with Gasteiger partial charge in [-0.25, -0.2) is 4.99 Å². The zero-order valence-corrected chi connectivity index (χ0v) is 16.4. The molecular weight excluding hydrogens is 407 g/mol. The molecule has 0 atom stereocenters. The average Bonchev–Trinajstić information content (AvgIpc) is 2.53. The molecule has 2 N–H and O–H groups in total. The number of nitro groups is 1. The van der Waals surface area contributed by atoms with Crippen LogP contribution in [-0.4, -0.2) is 24.0 Å². The fourth-order valence-electron chi connectivity index (χ4n) is 2.05. The molecule has 0 aliphatic heterocycles. The SMILES string of the molecule is CCNC(=NCc1ccc([N+](=O)[O-])cc1)NCC(CC)CC.I. The van der Waals surface area contributed by atoms with Gasteiger partial charge in [0, 0.05) is 25.2 Å². The van der Waals surface area contributed by atoms with Crippen LogP contribution in [0.5, 0.6) is 0 Å². The van der Waals surface area contributed by atoms with Crippen LogP contribution in [0.15, 0.2) is 29.3 Å². The van der Waals surface area contributed by atoms with Gasteiger partial charge in [-0.2, -0.15) is 0 Å². The zero-order valence-electron chi connectivity index (χ0n) is 14.0. The van der Waals surface area contributed by atoms with E-state index >= 15 is 0 Å². The van der Waals surface area contributed by atoms with Crippen LogP contribution in [0.25, 0.3) is 0 Å². The molecule has 0 amide bonds. The van der Waals surface area contributed by atoms with Gasteiger partial charge in [0.25, 0.3) is 5.69 Å². The molecule has 0 heterocycles. The Kier molecular flexibility index (Phi) is 11.4. The molecule has 0 fully saturated rings. The summed E-state index contributed by atoms with van der Waals surface area (Å²) in [7, 11) is 0. The lowest BCUT2D eigenvalue weighted by atomic mass is 10.0. The Morgan fingerprint density at radius 1 is 1.17 bits per heavy atom. The summed E-state index contributed by atoms with van der Waals surface area (Å²) in [4.78, 5) is 14.8. The summed E-state index contributed by atoms with van der Waals surface area (Å²) in [5, 5.41) is 17.2. The summed E-state index contributed by atoms with van der Waals surface area (Å²) < 4.78 is 0. The van der Waals surface area contributed by atoms with Gasteiger partial charge in [-0.1, -0.05) is 38.8 Å². The predicted molar refractivity (Wildman–Crippen MR) is 105 cm³/mol. The van der Waals surface area contributed by atoms with E-state index in [1.807, 2.05) is 6.92 Å². The van der Waals surface area contributed by atoms with Crippen molar-refractivity contribution in [3.63, 3.8) is 0 Å². The molecule has 23 heavy (non-hydrogen) atoms. The molecule has 0 aliphatic carbocycles. The van der Waals surface area contributed by atoms with E-state index in [1.54, 1.807) is 12.1 Å². The van der Waals surface area contributed by atoms with Gasteiger partial charge >= 0.3 is 0 Å². The second-order valence-electron chi connectivity index (χ2n) is 5.18. The lowest BCUT2D eigenvalue weighted by Crippen LogP contribution is -2.39. The van der Waals surface area contributed by atoms with Crippen molar-refractivity contribution in [1.82, 2.24) is 10.6 Å². The molecule has 1 aromatic carbocycles. The first-order valence-electron chi connectivity index (χ1n) is 7.86. The summed E-state index contributed by atoms with van der Waals surface area (Å²) in [5.41, 5.74) is 1.05. The molecule has 0 unspecified atom stereocenters. The number of rotatable bonds is 8.